The molecule has 1 heterocycles. The van der Waals surface area contributed by atoms with Crippen LogP contribution in [0.1, 0.15) is 32.6 Å². The van der Waals surface area contributed by atoms with E-state index in [9.17, 15) is 0 Å². The first-order chi connectivity index (χ1) is 8.86. The number of hydrogen-bond donors (Lipinski definition) is 1. The minimum Gasteiger partial charge on any atom is -0.367 e. The molecule has 1 aromatic carbocycles. The van der Waals surface area contributed by atoms with Gasteiger partial charge in [-0.1, -0.05) is 44.0 Å². The van der Waals surface area contributed by atoms with E-state index < -0.39 is 0 Å². The Morgan fingerprint density at radius 3 is 2.89 bits per heavy atom. The van der Waals surface area contributed by atoms with E-state index >= 15 is 0 Å². The Hall–Kier alpha value is -1.57. The molecule has 0 amide bonds. The van der Waals surface area contributed by atoms with Crippen LogP contribution in [0, 0.1) is 5.92 Å². The molecule has 1 N–H and O–H groups in total. The Morgan fingerprint density at radius 2 is 2.11 bits per heavy atom. The molecule has 1 aromatic heterocycles. The second-order valence-electron chi connectivity index (χ2n) is 5.31. The van der Waals surface area contributed by atoms with E-state index in [2.05, 4.69) is 47.6 Å². The van der Waals surface area contributed by atoms with Crippen molar-refractivity contribution >= 4 is 16.6 Å². The van der Waals surface area contributed by atoms with Gasteiger partial charge in [-0.2, -0.15) is 0 Å². The van der Waals surface area contributed by atoms with Crippen LogP contribution < -0.4 is 5.32 Å². The van der Waals surface area contributed by atoms with Crippen molar-refractivity contribution in [3.05, 3.63) is 36.5 Å². The molecule has 2 aromatic rings. The number of anilines is 1. The summed E-state index contributed by atoms with van der Waals surface area (Å²) in [6.45, 7) is 2.26. The third-order valence-corrected chi connectivity index (χ3v) is 3.82. The van der Waals surface area contributed by atoms with Gasteiger partial charge in [0.25, 0.3) is 0 Å². The fourth-order valence-corrected chi connectivity index (χ4v) is 2.51. The highest BCUT2D eigenvalue weighted by Gasteiger charge is 2.24. The van der Waals surface area contributed by atoms with Gasteiger partial charge in [-0.15, -0.1) is 0 Å². The normalized spacial score (nSPS) is 16.7. The first kappa shape index (κ1) is 11.5. The Morgan fingerprint density at radius 1 is 1.28 bits per heavy atom. The molecule has 0 radical (unpaired) electrons. The van der Waals surface area contributed by atoms with Crippen molar-refractivity contribution in [2.75, 3.05) is 5.32 Å². The quantitative estimate of drug-likeness (QED) is 0.846. The predicted octanol–water partition coefficient (Wildman–Crippen LogP) is 4.23. The van der Waals surface area contributed by atoms with Gasteiger partial charge < -0.3 is 5.32 Å². The van der Waals surface area contributed by atoms with Gasteiger partial charge in [-0.05, 0) is 30.2 Å². The van der Waals surface area contributed by atoms with Crippen LogP contribution in [0.2, 0.25) is 0 Å². The van der Waals surface area contributed by atoms with Crippen LogP contribution in [0.25, 0.3) is 10.8 Å². The minimum atomic E-state index is 0.566. The highest BCUT2D eigenvalue weighted by molar-refractivity contribution is 5.91. The summed E-state index contributed by atoms with van der Waals surface area (Å²) in [5, 5.41) is 6.12. The third-order valence-electron chi connectivity index (χ3n) is 3.82. The van der Waals surface area contributed by atoms with Gasteiger partial charge in [0.1, 0.15) is 5.82 Å². The molecule has 0 aliphatic heterocycles. The highest BCUT2D eigenvalue weighted by Crippen LogP contribution is 2.35. The molecular weight excluding hydrogens is 220 g/mol. The molecule has 0 bridgehead atoms. The molecule has 1 unspecified atom stereocenters. The standard InChI is InChI=1S/C16H20N2/c1-2-14(11-12-7-8-12)18-16-15-6-4-3-5-13(15)9-10-17-16/h3-6,9-10,12,14H,2,7-8,11H2,1H3,(H,17,18). The van der Waals surface area contributed by atoms with Crippen LogP contribution >= 0.6 is 0 Å². The Balaban J connectivity index is 1.84. The lowest BCUT2D eigenvalue weighted by Gasteiger charge is -2.18. The number of hydrogen-bond acceptors (Lipinski definition) is 2. The number of pyridine rings is 1. The molecule has 0 spiro atoms. The van der Waals surface area contributed by atoms with Crippen LogP contribution in [0.3, 0.4) is 0 Å². The number of fused-ring (bicyclic) bond motifs is 1. The Labute approximate surface area is 108 Å². The molecule has 1 atom stereocenters. The molecule has 2 heteroatoms. The molecule has 94 valence electrons. The first-order valence-corrected chi connectivity index (χ1v) is 6.97. The average Bonchev–Trinajstić information content (AvgIpc) is 3.22. The van der Waals surface area contributed by atoms with E-state index in [0.29, 0.717) is 6.04 Å². The lowest BCUT2D eigenvalue weighted by Crippen LogP contribution is -2.19. The lowest BCUT2D eigenvalue weighted by atomic mass is 10.1. The number of nitrogens with zero attached hydrogens (tertiary/aromatic N) is 1. The van der Waals surface area contributed by atoms with E-state index in [0.717, 1.165) is 11.7 Å². The number of benzene rings is 1. The number of nitrogens with one attached hydrogen (secondary N) is 1. The maximum Gasteiger partial charge on any atom is 0.134 e. The zero-order valence-electron chi connectivity index (χ0n) is 10.9. The topological polar surface area (TPSA) is 24.9 Å². The molecule has 2 nitrogen and oxygen atoms in total. The average molecular weight is 240 g/mol. The van der Waals surface area contributed by atoms with Crippen LogP contribution in [0.15, 0.2) is 36.5 Å². The zero-order valence-corrected chi connectivity index (χ0v) is 10.9. The summed E-state index contributed by atoms with van der Waals surface area (Å²) in [6.07, 6.45) is 7.19. The van der Waals surface area contributed by atoms with Gasteiger partial charge in [-0.3, -0.25) is 0 Å². The number of rotatable bonds is 5. The van der Waals surface area contributed by atoms with Crippen molar-refractivity contribution in [2.24, 2.45) is 5.92 Å². The third kappa shape index (κ3) is 2.47. The van der Waals surface area contributed by atoms with Gasteiger partial charge in [0.15, 0.2) is 0 Å². The van der Waals surface area contributed by atoms with Gasteiger partial charge >= 0.3 is 0 Å². The van der Waals surface area contributed by atoms with Crippen molar-refractivity contribution in [1.29, 1.82) is 0 Å². The second kappa shape index (κ2) is 4.97. The highest BCUT2D eigenvalue weighted by atomic mass is 15.0. The second-order valence-corrected chi connectivity index (χ2v) is 5.31. The van der Waals surface area contributed by atoms with Gasteiger partial charge in [0.05, 0.1) is 0 Å². The molecule has 1 saturated carbocycles. The van der Waals surface area contributed by atoms with Gasteiger partial charge in [0, 0.05) is 17.6 Å². The van der Waals surface area contributed by atoms with E-state index in [-0.39, 0.29) is 0 Å². The van der Waals surface area contributed by atoms with Crippen molar-refractivity contribution < 1.29 is 0 Å². The molecular formula is C16H20N2. The molecule has 3 rings (SSSR count). The predicted molar refractivity (Wildman–Crippen MR) is 76.8 cm³/mol. The molecule has 18 heavy (non-hydrogen) atoms. The summed E-state index contributed by atoms with van der Waals surface area (Å²) in [7, 11) is 0. The lowest BCUT2D eigenvalue weighted by molar-refractivity contribution is 0.586. The minimum absolute atomic E-state index is 0.566. The smallest absolute Gasteiger partial charge is 0.134 e. The van der Waals surface area contributed by atoms with Crippen molar-refractivity contribution in [3.8, 4) is 0 Å². The van der Waals surface area contributed by atoms with Crippen LogP contribution in [-0.4, -0.2) is 11.0 Å². The summed E-state index contributed by atoms with van der Waals surface area (Å²) in [4.78, 5) is 4.51. The summed E-state index contributed by atoms with van der Waals surface area (Å²) < 4.78 is 0. The Kier molecular flexibility index (Phi) is 3.18. The van der Waals surface area contributed by atoms with E-state index in [4.69, 9.17) is 0 Å². The van der Waals surface area contributed by atoms with Gasteiger partial charge in [-0.25, -0.2) is 4.98 Å². The maximum absolute atomic E-state index is 4.51. The van der Waals surface area contributed by atoms with Crippen molar-refractivity contribution in [1.82, 2.24) is 4.98 Å². The molecule has 1 aliphatic rings. The maximum atomic E-state index is 4.51. The zero-order chi connectivity index (χ0) is 12.4. The first-order valence-electron chi connectivity index (χ1n) is 6.97. The van der Waals surface area contributed by atoms with E-state index in [1.54, 1.807) is 0 Å². The summed E-state index contributed by atoms with van der Waals surface area (Å²) in [5.41, 5.74) is 0. The van der Waals surface area contributed by atoms with Crippen LogP contribution in [0.5, 0.6) is 0 Å². The SMILES string of the molecule is CCC(CC1CC1)Nc1nccc2ccccc12. The summed E-state index contributed by atoms with van der Waals surface area (Å²) >= 11 is 0. The fourth-order valence-electron chi connectivity index (χ4n) is 2.51. The van der Waals surface area contributed by atoms with Crippen LogP contribution in [0.4, 0.5) is 5.82 Å². The largest absolute Gasteiger partial charge is 0.367 e. The monoisotopic (exact) mass is 240 g/mol. The van der Waals surface area contributed by atoms with E-state index in [1.165, 1.54) is 36.5 Å². The summed E-state index contributed by atoms with van der Waals surface area (Å²) in [6, 6.07) is 11.1. The number of aromatic nitrogens is 1. The van der Waals surface area contributed by atoms with Crippen molar-refractivity contribution in [2.45, 2.75) is 38.6 Å². The summed E-state index contributed by atoms with van der Waals surface area (Å²) in [5.74, 6) is 2.00. The van der Waals surface area contributed by atoms with Crippen LogP contribution in [-0.2, 0) is 0 Å². The van der Waals surface area contributed by atoms with Crippen molar-refractivity contribution in [3.63, 3.8) is 0 Å². The molecule has 0 saturated heterocycles. The fraction of sp³-hybridized carbons (Fsp3) is 0.438. The molecule has 1 fully saturated rings. The Bertz CT molecular complexity index is 526. The van der Waals surface area contributed by atoms with E-state index in [1.807, 2.05) is 6.20 Å². The molecule has 1 aliphatic carbocycles. The van der Waals surface area contributed by atoms with Gasteiger partial charge in [0.2, 0.25) is 0 Å².